The molecular formula is C15H20N4O3S. The number of imide groups is 1. The second kappa shape index (κ2) is 5.92. The van der Waals surface area contributed by atoms with Crippen molar-refractivity contribution in [3.05, 3.63) is 10.7 Å². The molecule has 23 heavy (non-hydrogen) atoms. The summed E-state index contributed by atoms with van der Waals surface area (Å²) in [6, 6.07) is -0.270. The molecule has 0 radical (unpaired) electrons. The van der Waals surface area contributed by atoms with Crippen molar-refractivity contribution >= 4 is 34.2 Å². The molecule has 1 aromatic heterocycles. The zero-order chi connectivity index (χ0) is 16.7. The number of anilines is 1. The number of fused-ring (bicyclic) bond motifs is 1. The molecule has 3 heterocycles. The fraction of sp³-hybridized carbons (Fsp3) is 0.600. The quantitative estimate of drug-likeness (QED) is 0.816. The van der Waals surface area contributed by atoms with E-state index in [0.717, 1.165) is 22.1 Å². The highest BCUT2D eigenvalue weighted by Gasteiger charge is 2.49. The van der Waals surface area contributed by atoms with Crippen LogP contribution in [0.25, 0.3) is 0 Å². The molecule has 1 aromatic rings. The summed E-state index contributed by atoms with van der Waals surface area (Å²) in [6.45, 7) is 6.68. The highest BCUT2D eigenvalue weighted by molar-refractivity contribution is 7.16. The van der Waals surface area contributed by atoms with Gasteiger partial charge in [0.05, 0.1) is 22.5 Å². The molecule has 0 saturated carbocycles. The molecule has 2 atom stereocenters. The SMILES string of the molecule is Cc1nc(CC(C)C)c(NC(=O)N2C[C@@H]3C(=O)NC(=O)[C@@H]3C2)s1. The normalized spacial score (nSPS) is 23.4. The molecule has 2 aliphatic heterocycles. The second-order valence-corrected chi connectivity index (χ2v) is 7.71. The van der Waals surface area contributed by atoms with Crippen LogP contribution >= 0.6 is 11.3 Å². The summed E-state index contributed by atoms with van der Waals surface area (Å²) in [5.74, 6) is -0.924. The average molecular weight is 336 g/mol. The largest absolute Gasteiger partial charge is 0.323 e. The number of carbonyl (C=O) groups excluding carboxylic acids is 3. The Morgan fingerprint density at radius 2 is 1.96 bits per heavy atom. The number of aromatic nitrogens is 1. The van der Waals surface area contributed by atoms with E-state index in [1.807, 2.05) is 6.92 Å². The molecule has 2 N–H and O–H groups in total. The van der Waals surface area contributed by atoms with Crippen molar-refractivity contribution in [3.63, 3.8) is 0 Å². The molecule has 0 spiro atoms. The van der Waals surface area contributed by atoms with Crippen LogP contribution in [-0.4, -0.2) is 40.8 Å². The molecule has 0 bridgehead atoms. The van der Waals surface area contributed by atoms with Gasteiger partial charge in [-0.3, -0.25) is 20.2 Å². The Balaban J connectivity index is 1.69. The Morgan fingerprint density at radius 3 is 2.52 bits per heavy atom. The first-order chi connectivity index (χ1) is 10.8. The minimum atomic E-state index is -0.411. The van der Waals surface area contributed by atoms with Crippen LogP contribution in [-0.2, 0) is 16.0 Å². The van der Waals surface area contributed by atoms with Gasteiger partial charge in [0.2, 0.25) is 11.8 Å². The number of amides is 4. The van der Waals surface area contributed by atoms with Crippen LogP contribution in [0.2, 0.25) is 0 Å². The number of nitrogens with zero attached hydrogens (tertiary/aromatic N) is 2. The van der Waals surface area contributed by atoms with Crippen LogP contribution in [0.15, 0.2) is 0 Å². The lowest BCUT2D eigenvalue weighted by atomic mass is 10.00. The van der Waals surface area contributed by atoms with E-state index in [2.05, 4.69) is 29.5 Å². The predicted molar refractivity (Wildman–Crippen MR) is 86.1 cm³/mol. The smallest absolute Gasteiger partial charge is 0.322 e. The van der Waals surface area contributed by atoms with Gasteiger partial charge < -0.3 is 4.90 Å². The highest BCUT2D eigenvalue weighted by atomic mass is 32.1. The second-order valence-electron chi connectivity index (χ2n) is 6.51. The van der Waals surface area contributed by atoms with Crippen molar-refractivity contribution in [1.29, 1.82) is 0 Å². The van der Waals surface area contributed by atoms with Crippen LogP contribution in [0.1, 0.15) is 24.5 Å². The Morgan fingerprint density at radius 1 is 1.35 bits per heavy atom. The van der Waals surface area contributed by atoms with E-state index >= 15 is 0 Å². The van der Waals surface area contributed by atoms with Crippen molar-refractivity contribution in [2.75, 3.05) is 18.4 Å². The molecule has 124 valence electrons. The van der Waals surface area contributed by atoms with Gasteiger partial charge in [-0.25, -0.2) is 9.78 Å². The first-order valence-corrected chi connectivity index (χ1v) is 8.53. The molecule has 0 aromatic carbocycles. The topological polar surface area (TPSA) is 91.4 Å². The lowest BCUT2D eigenvalue weighted by molar-refractivity contribution is -0.126. The third-order valence-electron chi connectivity index (χ3n) is 4.15. The minimum Gasteiger partial charge on any atom is -0.323 e. The molecule has 4 amide bonds. The maximum absolute atomic E-state index is 12.5. The predicted octanol–water partition coefficient (Wildman–Crippen LogP) is 1.39. The number of nitrogens with one attached hydrogen (secondary N) is 2. The number of hydrogen-bond acceptors (Lipinski definition) is 5. The molecule has 8 heteroatoms. The van der Waals surface area contributed by atoms with Crippen LogP contribution in [0.5, 0.6) is 0 Å². The first-order valence-electron chi connectivity index (χ1n) is 7.72. The van der Waals surface area contributed by atoms with Gasteiger partial charge in [-0.15, -0.1) is 11.3 Å². The number of urea groups is 1. The molecule has 2 aliphatic rings. The maximum atomic E-state index is 12.5. The molecule has 2 fully saturated rings. The van der Waals surface area contributed by atoms with Crippen LogP contribution in [0, 0.1) is 24.7 Å². The number of carbonyl (C=O) groups is 3. The molecule has 0 aliphatic carbocycles. The molecular weight excluding hydrogens is 316 g/mol. The van der Waals surface area contributed by atoms with Gasteiger partial charge in [0.1, 0.15) is 5.00 Å². The van der Waals surface area contributed by atoms with Gasteiger partial charge >= 0.3 is 6.03 Å². The summed E-state index contributed by atoms with van der Waals surface area (Å²) in [5, 5.41) is 6.88. The molecule has 0 unspecified atom stereocenters. The van der Waals surface area contributed by atoms with Crippen molar-refractivity contribution in [1.82, 2.24) is 15.2 Å². The summed E-state index contributed by atoms with van der Waals surface area (Å²) in [5.41, 5.74) is 0.893. The Labute approximate surface area is 138 Å². The maximum Gasteiger partial charge on any atom is 0.322 e. The van der Waals surface area contributed by atoms with Crippen molar-refractivity contribution in [2.24, 2.45) is 17.8 Å². The van der Waals surface area contributed by atoms with E-state index in [-0.39, 0.29) is 30.9 Å². The number of thiazole rings is 1. The summed E-state index contributed by atoms with van der Waals surface area (Å²) < 4.78 is 0. The fourth-order valence-corrected chi connectivity index (χ4v) is 3.91. The zero-order valence-electron chi connectivity index (χ0n) is 13.4. The highest BCUT2D eigenvalue weighted by Crippen LogP contribution is 2.30. The molecule has 2 saturated heterocycles. The summed E-state index contributed by atoms with van der Waals surface area (Å²) in [6.07, 6.45) is 0.798. The molecule has 7 nitrogen and oxygen atoms in total. The van der Waals surface area contributed by atoms with Gasteiger partial charge in [0.15, 0.2) is 0 Å². The Bertz CT molecular complexity index is 648. The van der Waals surface area contributed by atoms with Crippen LogP contribution < -0.4 is 10.6 Å². The lowest BCUT2D eigenvalue weighted by Gasteiger charge is -2.17. The van der Waals surface area contributed by atoms with Gasteiger partial charge in [0, 0.05) is 13.1 Å². The van der Waals surface area contributed by atoms with Gasteiger partial charge in [0.25, 0.3) is 0 Å². The van der Waals surface area contributed by atoms with E-state index in [0.29, 0.717) is 5.92 Å². The van der Waals surface area contributed by atoms with Gasteiger partial charge in [-0.2, -0.15) is 0 Å². The number of aryl methyl sites for hydroxylation is 1. The van der Waals surface area contributed by atoms with Crippen LogP contribution in [0.3, 0.4) is 0 Å². The first kappa shape index (κ1) is 15.9. The molecule has 3 rings (SSSR count). The van der Waals surface area contributed by atoms with Crippen molar-refractivity contribution in [2.45, 2.75) is 27.2 Å². The van der Waals surface area contributed by atoms with Crippen LogP contribution in [0.4, 0.5) is 9.80 Å². The fourth-order valence-electron chi connectivity index (χ4n) is 3.08. The van der Waals surface area contributed by atoms with Gasteiger partial charge in [-0.1, -0.05) is 13.8 Å². The number of hydrogen-bond donors (Lipinski definition) is 2. The zero-order valence-corrected chi connectivity index (χ0v) is 14.2. The summed E-state index contributed by atoms with van der Waals surface area (Å²) in [4.78, 5) is 41.8. The van der Waals surface area contributed by atoms with Crippen molar-refractivity contribution in [3.8, 4) is 0 Å². The standard InChI is InChI=1S/C15H20N4O3S/c1-7(2)4-11-14(23-8(3)16-11)18-15(22)19-5-9-10(6-19)13(21)17-12(9)20/h7,9-10H,4-6H2,1-3H3,(H,18,22)(H,17,20,21)/t9-,10+. The third kappa shape index (κ3) is 3.08. The number of likely N-dealkylation sites (tertiary alicyclic amines) is 1. The van der Waals surface area contributed by atoms with E-state index in [9.17, 15) is 14.4 Å². The minimum absolute atomic E-state index is 0.270. The average Bonchev–Trinajstić information content (AvgIpc) is 3.08. The number of rotatable bonds is 3. The van der Waals surface area contributed by atoms with E-state index in [4.69, 9.17) is 0 Å². The third-order valence-corrected chi connectivity index (χ3v) is 5.08. The lowest BCUT2D eigenvalue weighted by Crippen LogP contribution is -2.37. The van der Waals surface area contributed by atoms with E-state index in [1.54, 1.807) is 4.90 Å². The summed E-state index contributed by atoms with van der Waals surface area (Å²) in [7, 11) is 0. The van der Waals surface area contributed by atoms with Crippen molar-refractivity contribution < 1.29 is 14.4 Å². The van der Waals surface area contributed by atoms with Gasteiger partial charge in [-0.05, 0) is 19.3 Å². The summed E-state index contributed by atoms with van der Waals surface area (Å²) >= 11 is 1.45. The monoisotopic (exact) mass is 336 g/mol. The van der Waals surface area contributed by atoms with E-state index in [1.165, 1.54) is 11.3 Å². The van der Waals surface area contributed by atoms with E-state index < -0.39 is 11.8 Å². The Kier molecular flexibility index (Phi) is 4.09. The Hall–Kier alpha value is -1.96.